The summed E-state index contributed by atoms with van der Waals surface area (Å²) in [5, 5.41) is 9.99. The molecule has 0 spiro atoms. The minimum absolute atomic E-state index is 0.0363. The first-order chi connectivity index (χ1) is 12.0. The summed E-state index contributed by atoms with van der Waals surface area (Å²) in [4.78, 5) is 23.7. The van der Waals surface area contributed by atoms with Gasteiger partial charge in [-0.1, -0.05) is 32.0 Å². The lowest BCUT2D eigenvalue weighted by Crippen LogP contribution is -2.19. The van der Waals surface area contributed by atoms with E-state index in [1.807, 2.05) is 25.1 Å². The molecular formula is C19H26O6. The molecule has 1 aromatic rings. The third-order valence-electron chi connectivity index (χ3n) is 3.62. The fraction of sp³-hybridized carbons (Fsp3) is 0.474. The Morgan fingerprint density at radius 3 is 2.04 bits per heavy atom. The molecular weight excluding hydrogens is 324 g/mol. The summed E-state index contributed by atoms with van der Waals surface area (Å²) in [5.74, 6) is -3.35. The van der Waals surface area contributed by atoms with Crippen molar-refractivity contribution in [3.63, 3.8) is 0 Å². The van der Waals surface area contributed by atoms with Gasteiger partial charge < -0.3 is 19.3 Å². The lowest BCUT2D eigenvalue weighted by atomic mass is 9.97. The fourth-order valence-electron chi connectivity index (χ4n) is 2.47. The third-order valence-corrected chi connectivity index (χ3v) is 3.62. The normalized spacial score (nSPS) is 11.5. The maximum absolute atomic E-state index is 12.0. The number of rotatable bonds is 9. The predicted molar refractivity (Wildman–Crippen MR) is 92.9 cm³/mol. The van der Waals surface area contributed by atoms with Crippen LogP contribution in [-0.2, 0) is 43.2 Å². The molecule has 0 aliphatic carbocycles. The highest BCUT2D eigenvalue weighted by Gasteiger charge is 2.25. The van der Waals surface area contributed by atoms with E-state index in [1.165, 1.54) is 5.56 Å². The molecule has 0 radical (unpaired) electrons. The van der Waals surface area contributed by atoms with E-state index in [0.29, 0.717) is 0 Å². The maximum Gasteiger partial charge on any atom is 0.377 e. The van der Waals surface area contributed by atoms with Crippen LogP contribution in [0.5, 0.6) is 0 Å². The van der Waals surface area contributed by atoms with Crippen molar-refractivity contribution < 1.29 is 28.9 Å². The quantitative estimate of drug-likeness (QED) is 0.418. The standard InChI is InChI=1S/C19H26O6/c1-5-13-10-9-11-14(15(13)6-2)12-25-17(19(22)24-8-4)16(20)18(21)23-7-3/h9-11,20H,5-8,12H2,1-4H3/b17-16+. The van der Waals surface area contributed by atoms with E-state index in [-0.39, 0.29) is 19.8 Å². The van der Waals surface area contributed by atoms with Gasteiger partial charge in [0.1, 0.15) is 6.61 Å². The third kappa shape index (κ3) is 5.52. The highest BCUT2D eigenvalue weighted by atomic mass is 16.6. The van der Waals surface area contributed by atoms with Crippen molar-refractivity contribution in [1.29, 1.82) is 0 Å². The number of hydrogen-bond donors (Lipinski definition) is 1. The Balaban J connectivity index is 3.10. The molecule has 0 bridgehead atoms. The number of carbonyl (C=O) groups is 2. The van der Waals surface area contributed by atoms with E-state index in [9.17, 15) is 14.7 Å². The Morgan fingerprint density at radius 2 is 1.48 bits per heavy atom. The molecule has 0 aliphatic heterocycles. The van der Waals surface area contributed by atoms with Crippen LogP contribution in [0.15, 0.2) is 29.7 Å². The number of hydrogen-bond acceptors (Lipinski definition) is 6. The van der Waals surface area contributed by atoms with E-state index in [1.54, 1.807) is 13.8 Å². The summed E-state index contributed by atoms with van der Waals surface area (Å²) in [7, 11) is 0. The fourth-order valence-corrected chi connectivity index (χ4v) is 2.47. The first kappa shape index (κ1) is 20.5. The zero-order valence-corrected chi connectivity index (χ0v) is 15.3. The lowest BCUT2D eigenvalue weighted by molar-refractivity contribution is -0.147. The van der Waals surface area contributed by atoms with Gasteiger partial charge in [0, 0.05) is 0 Å². The summed E-state index contributed by atoms with van der Waals surface area (Å²) < 4.78 is 15.0. The van der Waals surface area contributed by atoms with Crippen LogP contribution in [0.4, 0.5) is 0 Å². The highest BCUT2D eigenvalue weighted by molar-refractivity contribution is 5.97. The second-order valence-electron chi connectivity index (χ2n) is 5.17. The molecule has 1 aromatic carbocycles. The Hall–Kier alpha value is -2.50. The molecule has 138 valence electrons. The molecule has 25 heavy (non-hydrogen) atoms. The Bertz CT molecular complexity index is 633. The minimum atomic E-state index is -1.02. The van der Waals surface area contributed by atoms with Crippen LogP contribution in [0.2, 0.25) is 0 Å². The predicted octanol–water partition coefficient (Wildman–Crippen LogP) is 3.22. The summed E-state index contributed by atoms with van der Waals surface area (Å²) in [5.41, 5.74) is 3.21. The van der Waals surface area contributed by atoms with Gasteiger partial charge in [0.2, 0.25) is 0 Å². The van der Waals surface area contributed by atoms with Crippen LogP contribution in [0.3, 0.4) is 0 Å². The van der Waals surface area contributed by atoms with Crippen LogP contribution in [0.1, 0.15) is 44.4 Å². The number of esters is 2. The number of aryl methyl sites for hydroxylation is 1. The van der Waals surface area contributed by atoms with Gasteiger partial charge in [-0.15, -0.1) is 0 Å². The molecule has 0 aliphatic rings. The molecule has 0 saturated heterocycles. The van der Waals surface area contributed by atoms with E-state index >= 15 is 0 Å². The Morgan fingerprint density at radius 1 is 0.880 bits per heavy atom. The maximum atomic E-state index is 12.0. The number of carbonyl (C=O) groups excluding carboxylic acids is 2. The summed E-state index contributed by atoms with van der Waals surface area (Å²) in [6.45, 7) is 7.52. The SMILES string of the molecule is CCOC(=O)/C(O)=C(\OCc1cccc(CC)c1CC)C(=O)OCC. The second kappa shape index (κ2) is 10.4. The van der Waals surface area contributed by atoms with Crippen LogP contribution in [0.25, 0.3) is 0 Å². The van der Waals surface area contributed by atoms with Crippen molar-refractivity contribution in [2.45, 2.75) is 47.1 Å². The average Bonchev–Trinajstić information content (AvgIpc) is 2.61. The molecule has 0 atom stereocenters. The number of aliphatic hydroxyl groups is 1. The first-order valence-electron chi connectivity index (χ1n) is 8.49. The van der Waals surface area contributed by atoms with E-state index in [2.05, 4.69) is 6.92 Å². The van der Waals surface area contributed by atoms with Gasteiger partial charge >= 0.3 is 11.9 Å². The summed E-state index contributed by atoms with van der Waals surface area (Å²) in [6, 6.07) is 5.85. The zero-order chi connectivity index (χ0) is 18.8. The zero-order valence-electron chi connectivity index (χ0n) is 15.3. The van der Waals surface area contributed by atoms with Crippen molar-refractivity contribution >= 4 is 11.9 Å². The molecule has 1 rings (SSSR count). The van der Waals surface area contributed by atoms with Gasteiger partial charge in [-0.25, -0.2) is 9.59 Å². The van der Waals surface area contributed by atoms with E-state index < -0.39 is 23.5 Å². The van der Waals surface area contributed by atoms with Gasteiger partial charge in [-0.3, -0.25) is 0 Å². The van der Waals surface area contributed by atoms with Gasteiger partial charge in [-0.05, 0) is 43.4 Å². The average molecular weight is 350 g/mol. The summed E-state index contributed by atoms with van der Waals surface area (Å²) in [6.07, 6.45) is 1.69. The smallest absolute Gasteiger partial charge is 0.377 e. The van der Waals surface area contributed by atoms with Crippen LogP contribution in [-0.4, -0.2) is 30.3 Å². The number of ether oxygens (including phenoxy) is 3. The topological polar surface area (TPSA) is 82.1 Å². The minimum Gasteiger partial charge on any atom is -0.499 e. The van der Waals surface area contributed by atoms with E-state index in [4.69, 9.17) is 14.2 Å². The van der Waals surface area contributed by atoms with Crippen molar-refractivity contribution in [2.75, 3.05) is 13.2 Å². The molecule has 0 amide bonds. The van der Waals surface area contributed by atoms with Gasteiger partial charge in [0.05, 0.1) is 13.2 Å². The van der Waals surface area contributed by atoms with Crippen LogP contribution in [0, 0.1) is 0 Å². The molecule has 6 heteroatoms. The van der Waals surface area contributed by atoms with Crippen LogP contribution >= 0.6 is 0 Å². The lowest BCUT2D eigenvalue weighted by Gasteiger charge is -2.15. The number of benzene rings is 1. The monoisotopic (exact) mass is 350 g/mol. The molecule has 0 fully saturated rings. The molecule has 0 aromatic heterocycles. The first-order valence-corrected chi connectivity index (χ1v) is 8.49. The molecule has 0 saturated carbocycles. The van der Waals surface area contributed by atoms with Crippen molar-refractivity contribution in [3.05, 3.63) is 46.4 Å². The summed E-state index contributed by atoms with van der Waals surface area (Å²) >= 11 is 0. The van der Waals surface area contributed by atoms with Crippen molar-refractivity contribution in [1.82, 2.24) is 0 Å². The molecule has 0 heterocycles. The van der Waals surface area contributed by atoms with Crippen molar-refractivity contribution in [2.24, 2.45) is 0 Å². The van der Waals surface area contributed by atoms with Gasteiger partial charge in [0.15, 0.2) is 0 Å². The molecule has 1 N–H and O–H groups in total. The van der Waals surface area contributed by atoms with Gasteiger partial charge in [0.25, 0.3) is 11.5 Å². The molecule has 6 nitrogen and oxygen atoms in total. The van der Waals surface area contributed by atoms with Crippen molar-refractivity contribution in [3.8, 4) is 0 Å². The van der Waals surface area contributed by atoms with Crippen LogP contribution < -0.4 is 0 Å². The highest BCUT2D eigenvalue weighted by Crippen LogP contribution is 2.20. The molecule has 0 unspecified atom stereocenters. The largest absolute Gasteiger partial charge is 0.499 e. The second-order valence-corrected chi connectivity index (χ2v) is 5.17. The number of aliphatic hydroxyl groups excluding tert-OH is 1. The Kier molecular flexibility index (Phi) is 8.53. The Labute approximate surface area is 148 Å². The van der Waals surface area contributed by atoms with Gasteiger partial charge in [-0.2, -0.15) is 0 Å². The van der Waals surface area contributed by atoms with E-state index in [0.717, 1.165) is 24.0 Å².